The van der Waals surface area contributed by atoms with Crippen LogP contribution in [0.1, 0.15) is 24.4 Å². The zero-order valence-corrected chi connectivity index (χ0v) is 13.8. The van der Waals surface area contributed by atoms with E-state index in [4.69, 9.17) is 5.53 Å². The second kappa shape index (κ2) is 6.43. The lowest BCUT2D eigenvalue weighted by Crippen LogP contribution is -2.24. The van der Waals surface area contributed by atoms with Crippen LogP contribution in [-0.4, -0.2) is 9.38 Å². The fourth-order valence-electron chi connectivity index (χ4n) is 2.51. The Labute approximate surface area is 147 Å². The molecule has 0 aliphatic rings. The molecule has 2 heterocycles. The molecule has 0 aliphatic carbocycles. The van der Waals surface area contributed by atoms with Crippen molar-refractivity contribution in [3.8, 4) is 11.1 Å². The summed E-state index contributed by atoms with van der Waals surface area (Å²) in [5.41, 5.74) is 6.24. The molecule has 134 valence electrons. The number of aromatic nitrogens is 2. The monoisotopic (exact) mass is 383 g/mol. The molecule has 1 aromatic carbocycles. The Bertz CT molecular complexity index is 1100. The van der Waals surface area contributed by atoms with Gasteiger partial charge in [0.25, 0.3) is 5.56 Å². The third-order valence-corrected chi connectivity index (χ3v) is 4.45. The number of rotatable bonds is 3. The van der Waals surface area contributed by atoms with E-state index >= 15 is 0 Å². The number of hydrogen-bond acceptors (Lipinski definition) is 4. The van der Waals surface area contributed by atoms with Crippen LogP contribution in [0.5, 0.6) is 0 Å². The van der Waals surface area contributed by atoms with Gasteiger partial charge in [0.15, 0.2) is 4.96 Å². The Morgan fingerprint density at radius 1 is 1.38 bits per heavy atom. The van der Waals surface area contributed by atoms with Crippen molar-refractivity contribution in [3.63, 3.8) is 0 Å². The Morgan fingerprint density at radius 3 is 2.73 bits per heavy atom. The van der Waals surface area contributed by atoms with Gasteiger partial charge in [0.2, 0.25) is 0 Å². The molecule has 0 bridgehead atoms. The predicted molar refractivity (Wildman–Crippen MR) is 87.3 cm³/mol. The largest absolute Gasteiger partial charge is 0.432 e. The highest BCUT2D eigenvalue weighted by atomic mass is 32.1. The zero-order valence-electron chi connectivity index (χ0n) is 13.0. The molecule has 0 N–H and O–H groups in total. The third-order valence-electron chi connectivity index (χ3n) is 3.62. The molecule has 3 rings (SSSR count). The number of nitrogens with zero attached hydrogens (tertiary/aromatic N) is 5. The van der Waals surface area contributed by atoms with Crippen LogP contribution in [0, 0.1) is 5.82 Å². The van der Waals surface area contributed by atoms with Crippen LogP contribution in [-0.2, 0) is 6.18 Å². The Hall–Kier alpha value is -2.91. The van der Waals surface area contributed by atoms with Crippen molar-refractivity contribution in [2.45, 2.75) is 19.1 Å². The first-order valence-electron chi connectivity index (χ1n) is 7.15. The number of fused-ring (bicyclic) bond motifs is 1. The Morgan fingerprint density at radius 2 is 2.12 bits per heavy atom. The second-order valence-corrected chi connectivity index (χ2v) is 6.14. The average Bonchev–Trinajstić information content (AvgIpc) is 2.99. The number of halogens is 4. The topological polar surface area (TPSA) is 83.1 Å². The van der Waals surface area contributed by atoms with Crippen LogP contribution in [0.3, 0.4) is 0 Å². The van der Waals surface area contributed by atoms with Gasteiger partial charge < -0.3 is 0 Å². The molecule has 0 saturated carbocycles. The second-order valence-electron chi connectivity index (χ2n) is 5.31. The van der Waals surface area contributed by atoms with Crippen molar-refractivity contribution in [1.82, 2.24) is 9.38 Å². The maximum absolute atomic E-state index is 13.6. The highest BCUT2D eigenvalue weighted by Gasteiger charge is 2.36. The van der Waals surface area contributed by atoms with Crippen LogP contribution >= 0.6 is 11.3 Å². The van der Waals surface area contributed by atoms with Gasteiger partial charge in [-0.15, -0.1) is 11.3 Å². The summed E-state index contributed by atoms with van der Waals surface area (Å²) >= 11 is 0.635. The summed E-state index contributed by atoms with van der Waals surface area (Å²) in [6.45, 7) is 1.44. The van der Waals surface area contributed by atoms with Gasteiger partial charge >= 0.3 is 6.18 Å². The van der Waals surface area contributed by atoms with Crippen molar-refractivity contribution in [3.05, 3.63) is 67.6 Å². The van der Waals surface area contributed by atoms with Gasteiger partial charge in [0, 0.05) is 10.3 Å². The first-order valence-corrected chi connectivity index (χ1v) is 8.03. The lowest BCUT2D eigenvalue weighted by molar-refractivity contribution is -0.141. The lowest BCUT2D eigenvalue weighted by Gasteiger charge is -2.13. The Balaban J connectivity index is 2.45. The van der Waals surface area contributed by atoms with Gasteiger partial charge in [0.05, 0.1) is 17.3 Å². The molecule has 0 aliphatic heterocycles. The van der Waals surface area contributed by atoms with Crippen LogP contribution < -0.4 is 5.56 Å². The molecular weight excluding hydrogens is 374 g/mol. The van der Waals surface area contributed by atoms with Gasteiger partial charge in [0.1, 0.15) is 11.5 Å². The van der Waals surface area contributed by atoms with Gasteiger partial charge in [-0.3, -0.25) is 4.79 Å². The van der Waals surface area contributed by atoms with Crippen molar-refractivity contribution < 1.29 is 17.6 Å². The minimum absolute atomic E-state index is 0.0195. The van der Waals surface area contributed by atoms with E-state index in [1.54, 1.807) is 0 Å². The molecule has 1 unspecified atom stereocenters. The van der Waals surface area contributed by atoms with Crippen LogP contribution in [0.4, 0.5) is 17.6 Å². The number of azide groups is 1. The maximum Gasteiger partial charge on any atom is 0.432 e. The van der Waals surface area contributed by atoms with Crippen molar-refractivity contribution in [2.24, 2.45) is 5.11 Å². The summed E-state index contributed by atoms with van der Waals surface area (Å²) in [6, 6.07) is 3.90. The van der Waals surface area contributed by atoms with E-state index in [-0.39, 0.29) is 21.8 Å². The standard InChI is InChI=1S/C15H9F4N5OS/c1-7(22-23-20)12-11(8-3-2-4-9(16)5-8)13(25)24-10(15(17,18)19)6-26-14(24)21-12/h2-7H,1H3. The molecule has 0 saturated heterocycles. The molecule has 0 amide bonds. The van der Waals surface area contributed by atoms with Crippen molar-refractivity contribution in [1.29, 1.82) is 0 Å². The van der Waals surface area contributed by atoms with Crippen LogP contribution in [0.2, 0.25) is 0 Å². The molecule has 0 fully saturated rings. The number of hydrogen-bond donors (Lipinski definition) is 0. The summed E-state index contributed by atoms with van der Waals surface area (Å²) in [5.74, 6) is -0.671. The normalized spacial score (nSPS) is 12.8. The van der Waals surface area contributed by atoms with Crippen LogP contribution in [0.25, 0.3) is 26.5 Å². The van der Waals surface area contributed by atoms with E-state index in [0.717, 1.165) is 17.5 Å². The fourth-order valence-corrected chi connectivity index (χ4v) is 3.41. The van der Waals surface area contributed by atoms with E-state index in [9.17, 15) is 22.4 Å². The van der Waals surface area contributed by atoms with Crippen molar-refractivity contribution >= 4 is 16.3 Å². The van der Waals surface area contributed by atoms with E-state index in [2.05, 4.69) is 15.0 Å². The number of thiazole rings is 1. The first-order chi connectivity index (χ1) is 12.2. The molecule has 1 atom stereocenters. The first kappa shape index (κ1) is 17.9. The fraction of sp³-hybridized carbons (Fsp3) is 0.200. The smallest absolute Gasteiger partial charge is 0.268 e. The van der Waals surface area contributed by atoms with E-state index in [1.165, 1.54) is 19.1 Å². The summed E-state index contributed by atoms with van der Waals surface area (Å²) in [7, 11) is 0. The molecule has 6 nitrogen and oxygen atoms in total. The molecule has 0 spiro atoms. The minimum atomic E-state index is -4.76. The van der Waals surface area contributed by atoms with E-state index < -0.39 is 29.3 Å². The van der Waals surface area contributed by atoms with Gasteiger partial charge in [-0.25, -0.2) is 13.8 Å². The third kappa shape index (κ3) is 3.02. The number of benzene rings is 1. The summed E-state index contributed by atoms with van der Waals surface area (Å²) in [5, 5.41) is 4.24. The molecule has 2 aromatic heterocycles. The molecule has 0 radical (unpaired) electrons. The molecular formula is C15H9F4N5OS. The highest BCUT2D eigenvalue weighted by Crippen LogP contribution is 2.34. The molecule has 26 heavy (non-hydrogen) atoms. The quantitative estimate of drug-likeness (QED) is 0.277. The van der Waals surface area contributed by atoms with Crippen molar-refractivity contribution in [2.75, 3.05) is 0 Å². The summed E-state index contributed by atoms with van der Waals surface area (Å²) in [6.07, 6.45) is -4.76. The average molecular weight is 383 g/mol. The maximum atomic E-state index is 13.6. The van der Waals surface area contributed by atoms with E-state index in [1.807, 2.05) is 0 Å². The number of alkyl halides is 3. The SMILES string of the molecule is CC(N=[N+]=[N-])c1nc2scc(C(F)(F)F)n2c(=O)c1-c1cccc(F)c1. The van der Waals surface area contributed by atoms with Gasteiger partial charge in [-0.05, 0) is 23.2 Å². The van der Waals surface area contributed by atoms with Gasteiger partial charge in [-0.2, -0.15) is 13.2 Å². The van der Waals surface area contributed by atoms with E-state index in [0.29, 0.717) is 15.7 Å². The Kier molecular flexibility index (Phi) is 4.43. The summed E-state index contributed by atoms with van der Waals surface area (Å²) in [4.78, 5) is 19.4. The summed E-state index contributed by atoms with van der Waals surface area (Å²) < 4.78 is 53.6. The predicted octanol–water partition coefficient (Wildman–Crippen LogP) is 4.95. The lowest BCUT2D eigenvalue weighted by atomic mass is 10.0. The van der Waals surface area contributed by atoms with Crippen LogP contribution in [0.15, 0.2) is 39.6 Å². The zero-order chi connectivity index (χ0) is 19.1. The molecule has 3 aromatic rings. The molecule has 11 heteroatoms. The highest BCUT2D eigenvalue weighted by molar-refractivity contribution is 7.15. The minimum Gasteiger partial charge on any atom is -0.268 e. The van der Waals surface area contributed by atoms with Gasteiger partial charge in [-0.1, -0.05) is 24.2 Å².